The Morgan fingerprint density at radius 3 is 2.30 bits per heavy atom. The first kappa shape index (κ1) is 19.0. The number of halogens is 1. The Labute approximate surface area is 165 Å². The molecule has 0 N–H and O–H groups in total. The van der Waals surface area contributed by atoms with Crippen LogP contribution in [0.25, 0.3) is 0 Å². The van der Waals surface area contributed by atoms with Crippen molar-refractivity contribution < 1.29 is 9.53 Å². The monoisotopic (exact) mass is 379 g/mol. The molecule has 3 nitrogen and oxygen atoms in total. The molecule has 0 aliphatic rings. The number of ether oxygens (including phenoxy) is 1. The van der Waals surface area contributed by atoms with Gasteiger partial charge in [-0.05, 0) is 42.8 Å². The maximum atomic E-state index is 12.6. The quantitative estimate of drug-likeness (QED) is 0.566. The number of hydrogen-bond acceptors (Lipinski definition) is 2. The second-order valence-electron chi connectivity index (χ2n) is 6.55. The molecule has 0 heterocycles. The zero-order valence-electron chi connectivity index (χ0n) is 15.5. The molecule has 0 saturated heterocycles. The highest BCUT2D eigenvalue weighted by Gasteiger charge is 2.12. The Hall–Kier alpha value is -2.78. The van der Waals surface area contributed by atoms with Gasteiger partial charge in [-0.3, -0.25) is 4.79 Å². The molecule has 0 aliphatic heterocycles. The molecule has 138 valence electrons. The lowest BCUT2D eigenvalue weighted by Gasteiger charge is -2.18. The smallest absolute Gasteiger partial charge is 0.253 e. The molecular weight excluding hydrogens is 358 g/mol. The van der Waals surface area contributed by atoms with Crippen LogP contribution in [-0.2, 0) is 13.2 Å². The van der Waals surface area contributed by atoms with E-state index in [-0.39, 0.29) is 5.91 Å². The van der Waals surface area contributed by atoms with Gasteiger partial charge in [0, 0.05) is 29.7 Å². The number of carbonyl (C=O) groups is 1. The molecule has 0 aromatic heterocycles. The molecule has 4 heteroatoms. The molecular formula is C23H22ClNO2. The van der Waals surface area contributed by atoms with Crippen LogP contribution in [0.5, 0.6) is 5.75 Å². The zero-order valence-corrected chi connectivity index (χ0v) is 16.2. The minimum Gasteiger partial charge on any atom is -0.489 e. The van der Waals surface area contributed by atoms with Crippen LogP contribution in [-0.4, -0.2) is 17.9 Å². The van der Waals surface area contributed by atoms with Crippen molar-refractivity contribution in [3.8, 4) is 5.75 Å². The van der Waals surface area contributed by atoms with Gasteiger partial charge in [0.25, 0.3) is 5.91 Å². The third-order valence-electron chi connectivity index (χ3n) is 4.34. The lowest BCUT2D eigenvalue weighted by Crippen LogP contribution is -2.26. The van der Waals surface area contributed by atoms with Crippen LogP contribution in [0.1, 0.15) is 27.0 Å². The highest BCUT2D eigenvalue weighted by molar-refractivity contribution is 6.31. The van der Waals surface area contributed by atoms with Crippen LogP contribution < -0.4 is 4.74 Å². The number of hydrogen-bond donors (Lipinski definition) is 0. The summed E-state index contributed by atoms with van der Waals surface area (Å²) in [7, 11) is 1.81. The summed E-state index contributed by atoms with van der Waals surface area (Å²) < 4.78 is 5.77. The zero-order chi connectivity index (χ0) is 19.2. The Morgan fingerprint density at radius 1 is 0.963 bits per heavy atom. The van der Waals surface area contributed by atoms with Crippen LogP contribution >= 0.6 is 11.6 Å². The number of rotatable bonds is 6. The van der Waals surface area contributed by atoms with Gasteiger partial charge in [0.1, 0.15) is 12.4 Å². The van der Waals surface area contributed by atoms with E-state index >= 15 is 0 Å². The maximum Gasteiger partial charge on any atom is 0.253 e. The molecule has 3 aromatic carbocycles. The summed E-state index contributed by atoms with van der Waals surface area (Å²) in [5.41, 5.74) is 3.88. The van der Waals surface area contributed by atoms with E-state index in [1.807, 2.05) is 62.5 Å². The number of aryl methyl sites for hydroxylation is 1. The van der Waals surface area contributed by atoms with E-state index in [0.29, 0.717) is 29.5 Å². The molecule has 3 aromatic rings. The maximum absolute atomic E-state index is 12.6. The standard InChI is InChI=1S/C23H22ClNO2/c1-17-7-9-18(10-8-17)15-25(2)23(26)19-11-13-21(14-12-19)27-16-20-5-3-4-6-22(20)24/h3-14H,15-16H2,1-2H3. The van der Waals surface area contributed by atoms with Crippen molar-refractivity contribution in [2.45, 2.75) is 20.1 Å². The molecule has 0 radical (unpaired) electrons. The molecule has 0 bridgehead atoms. The predicted octanol–water partition coefficient (Wildman–Crippen LogP) is 5.50. The molecule has 0 saturated carbocycles. The summed E-state index contributed by atoms with van der Waals surface area (Å²) in [6.45, 7) is 3.01. The Kier molecular flexibility index (Phi) is 6.15. The average Bonchev–Trinajstić information content (AvgIpc) is 2.69. The second-order valence-corrected chi connectivity index (χ2v) is 6.96. The SMILES string of the molecule is Cc1ccc(CN(C)C(=O)c2ccc(OCc3ccccc3Cl)cc2)cc1. The van der Waals surface area contributed by atoms with E-state index in [9.17, 15) is 4.79 Å². The predicted molar refractivity (Wildman–Crippen MR) is 109 cm³/mol. The minimum atomic E-state index is -0.0202. The third kappa shape index (κ3) is 5.11. The fourth-order valence-electron chi connectivity index (χ4n) is 2.73. The molecule has 0 atom stereocenters. The van der Waals surface area contributed by atoms with Crippen molar-refractivity contribution in [1.82, 2.24) is 4.90 Å². The summed E-state index contributed by atoms with van der Waals surface area (Å²) in [4.78, 5) is 14.3. The summed E-state index contributed by atoms with van der Waals surface area (Å²) in [5, 5.41) is 0.682. The van der Waals surface area contributed by atoms with E-state index in [1.54, 1.807) is 17.0 Å². The van der Waals surface area contributed by atoms with Gasteiger partial charge in [0.2, 0.25) is 0 Å². The van der Waals surface area contributed by atoms with Crippen molar-refractivity contribution >= 4 is 17.5 Å². The molecule has 27 heavy (non-hydrogen) atoms. The van der Waals surface area contributed by atoms with Gasteiger partial charge in [-0.15, -0.1) is 0 Å². The average molecular weight is 380 g/mol. The summed E-state index contributed by atoms with van der Waals surface area (Å²) in [6.07, 6.45) is 0. The van der Waals surface area contributed by atoms with Gasteiger partial charge >= 0.3 is 0 Å². The highest BCUT2D eigenvalue weighted by Crippen LogP contribution is 2.19. The van der Waals surface area contributed by atoms with Gasteiger partial charge < -0.3 is 9.64 Å². The first-order chi connectivity index (χ1) is 13.0. The second kappa shape index (κ2) is 8.74. The summed E-state index contributed by atoms with van der Waals surface area (Å²) in [6, 6.07) is 23.0. The van der Waals surface area contributed by atoms with E-state index in [1.165, 1.54) is 5.56 Å². The molecule has 0 fully saturated rings. The van der Waals surface area contributed by atoms with Crippen LogP contribution in [0.3, 0.4) is 0 Å². The highest BCUT2D eigenvalue weighted by atomic mass is 35.5. The number of amides is 1. The lowest BCUT2D eigenvalue weighted by atomic mass is 10.1. The molecule has 3 rings (SSSR count). The fraction of sp³-hybridized carbons (Fsp3) is 0.174. The van der Waals surface area contributed by atoms with Gasteiger partial charge in [-0.1, -0.05) is 59.6 Å². The van der Waals surface area contributed by atoms with Crippen LogP contribution in [0.4, 0.5) is 0 Å². The Morgan fingerprint density at radius 2 is 1.63 bits per heavy atom. The molecule has 0 spiro atoms. The lowest BCUT2D eigenvalue weighted by molar-refractivity contribution is 0.0785. The number of carbonyl (C=O) groups excluding carboxylic acids is 1. The Balaban J connectivity index is 1.59. The van der Waals surface area contributed by atoms with Gasteiger partial charge in [0.05, 0.1) is 0 Å². The van der Waals surface area contributed by atoms with Crippen LogP contribution in [0.2, 0.25) is 5.02 Å². The largest absolute Gasteiger partial charge is 0.489 e. The topological polar surface area (TPSA) is 29.5 Å². The van der Waals surface area contributed by atoms with Crippen molar-refractivity contribution in [1.29, 1.82) is 0 Å². The summed E-state index contributed by atoms with van der Waals surface area (Å²) >= 11 is 6.14. The van der Waals surface area contributed by atoms with E-state index in [0.717, 1.165) is 11.1 Å². The van der Waals surface area contributed by atoms with Crippen molar-refractivity contribution in [3.05, 3.63) is 100 Å². The first-order valence-corrected chi connectivity index (χ1v) is 9.18. The Bertz CT molecular complexity index is 904. The third-order valence-corrected chi connectivity index (χ3v) is 4.71. The van der Waals surface area contributed by atoms with E-state index < -0.39 is 0 Å². The fourth-order valence-corrected chi connectivity index (χ4v) is 2.92. The van der Waals surface area contributed by atoms with Crippen LogP contribution in [0.15, 0.2) is 72.8 Å². The van der Waals surface area contributed by atoms with E-state index in [2.05, 4.69) is 12.1 Å². The van der Waals surface area contributed by atoms with Crippen molar-refractivity contribution in [2.75, 3.05) is 7.05 Å². The normalized spacial score (nSPS) is 10.5. The molecule has 0 aliphatic carbocycles. The molecule has 0 unspecified atom stereocenters. The summed E-state index contributed by atoms with van der Waals surface area (Å²) in [5.74, 6) is 0.681. The van der Waals surface area contributed by atoms with Crippen LogP contribution in [0, 0.1) is 6.92 Å². The van der Waals surface area contributed by atoms with Gasteiger partial charge in [0.15, 0.2) is 0 Å². The number of nitrogens with zero attached hydrogens (tertiary/aromatic N) is 1. The first-order valence-electron chi connectivity index (χ1n) is 8.80. The van der Waals surface area contributed by atoms with E-state index in [4.69, 9.17) is 16.3 Å². The van der Waals surface area contributed by atoms with Gasteiger partial charge in [-0.25, -0.2) is 0 Å². The van der Waals surface area contributed by atoms with Gasteiger partial charge in [-0.2, -0.15) is 0 Å². The number of benzene rings is 3. The van der Waals surface area contributed by atoms with Crippen molar-refractivity contribution in [2.24, 2.45) is 0 Å². The minimum absolute atomic E-state index is 0.0202. The molecule has 1 amide bonds. The van der Waals surface area contributed by atoms with Crippen molar-refractivity contribution in [3.63, 3.8) is 0 Å².